The zero-order valence-electron chi connectivity index (χ0n) is 12.7. The molecule has 20 heavy (non-hydrogen) atoms. The molecule has 1 heterocycles. The van der Waals surface area contributed by atoms with E-state index in [4.69, 9.17) is 9.47 Å². The standard InChI is InChI=1S/C14H23N3O3/c1-5-20-13(18)11-12(10-6-7-10)17(16-15-11)9-8-14(2,3)19-4/h10H,5-9H2,1-4H3. The smallest absolute Gasteiger partial charge is 0.360 e. The van der Waals surface area contributed by atoms with Crippen molar-refractivity contribution in [1.82, 2.24) is 15.0 Å². The largest absolute Gasteiger partial charge is 0.461 e. The Labute approximate surface area is 119 Å². The number of rotatable bonds is 7. The molecular formula is C14H23N3O3. The summed E-state index contributed by atoms with van der Waals surface area (Å²) in [5.41, 5.74) is 1.09. The van der Waals surface area contributed by atoms with Gasteiger partial charge < -0.3 is 9.47 Å². The topological polar surface area (TPSA) is 66.2 Å². The first-order valence-corrected chi connectivity index (χ1v) is 7.14. The van der Waals surface area contributed by atoms with E-state index in [1.165, 1.54) is 0 Å². The van der Waals surface area contributed by atoms with Crippen LogP contribution < -0.4 is 0 Å². The molecule has 1 aliphatic rings. The van der Waals surface area contributed by atoms with Crippen molar-refractivity contribution in [1.29, 1.82) is 0 Å². The van der Waals surface area contributed by atoms with Gasteiger partial charge in [0.2, 0.25) is 0 Å². The molecule has 0 unspecified atom stereocenters. The van der Waals surface area contributed by atoms with Gasteiger partial charge in [-0.05, 0) is 40.0 Å². The SMILES string of the molecule is CCOC(=O)c1nnn(CCC(C)(C)OC)c1C1CC1. The Balaban J connectivity index is 2.15. The average molecular weight is 281 g/mol. The van der Waals surface area contributed by atoms with Crippen LogP contribution in [0.3, 0.4) is 0 Å². The van der Waals surface area contributed by atoms with Crippen LogP contribution in [0.2, 0.25) is 0 Å². The van der Waals surface area contributed by atoms with Crippen LogP contribution in [0.1, 0.15) is 62.1 Å². The van der Waals surface area contributed by atoms with Crippen molar-refractivity contribution in [2.75, 3.05) is 13.7 Å². The van der Waals surface area contributed by atoms with Crippen molar-refractivity contribution in [3.8, 4) is 0 Å². The minimum atomic E-state index is -0.369. The van der Waals surface area contributed by atoms with Gasteiger partial charge in [0.15, 0.2) is 5.69 Å². The van der Waals surface area contributed by atoms with Crippen LogP contribution in [-0.4, -0.2) is 40.3 Å². The molecule has 0 spiro atoms. The number of nitrogens with zero attached hydrogens (tertiary/aromatic N) is 3. The van der Waals surface area contributed by atoms with Crippen molar-refractivity contribution in [3.05, 3.63) is 11.4 Å². The van der Waals surface area contributed by atoms with Gasteiger partial charge in [-0.25, -0.2) is 9.48 Å². The van der Waals surface area contributed by atoms with E-state index in [1.54, 1.807) is 14.0 Å². The Morgan fingerprint density at radius 2 is 2.15 bits per heavy atom. The summed E-state index contributed by atoms with van der Waals surface area (Å²) >= 11 is 0. The first kappa shape index (κ1) is 15.0. The number of hydrogen-bond acceptors (Lipinski definition) is 5. The molecule has 1 fully saturated rings. The summed E-state index contributed by atoms with van der Waals surface area (Å²) in [6, 6.07) is 0. The van der Waals surface area contributed by atoms with E-state index >= 15 is 0 Å². The number of aryl methyl sites for hydroxylation is 1. The molecule has 1 aromatic heterocycles. The molecule has 0 aromatic carbocycles. The molecule has 2 rings (SSSR count). The number of hydrogen-bond donors (Lipinski definition) is 0. The summed E-state index contributed by atoms with van der Waals surface area (Å²) in [6.45, 7) is 6.91. The van der Waals surface area contributed by atoms with E-state index in [0.717, 1.165) is 25.0 Å². The molecule has 0 bridgehead atoms. The Bertz CT molecular complexity index is 478. The monoisotopic (exact) mass is 281 g/mol. The summed E-state index contributed by atoms with van der Waals surface area (Å²) in [7, 11) is 1.70. The minimum Gasteiger partial charge on any atom is -0.461 e. The van der Waals surface area contributed by atoms with Gasteiger partial charge in [0.25, 0.3) is 0 Å². The summed E-state index contributed by atoms with van der Waals surface area (Å²) in [4.78, 5) is 11.9. The van der Waals surface area contributed by atoms with Gasteiger partial charge in [0.1, 0.15) is 0 Å². The van der Waals surface area contributed by atoms with Gasteiger partial charge in [0, 0.05) is 19.6 Å². The summed E-state index contributed by atoms with van der Waals surface area (Å²) in [6.07, 6.45) is 3.00. The van der Waals surface area contributed by atoms with Crippen molar-refractivity contribution in [2.24, 2.45) is 0 Å². The van der Waals surface area contributed by atoms with Crippen LogP contribution in [0.4, 0.5) is 0 Å². The second-order valence-electron chi connectivity index (χ2n) is 5.75. The molecule has 1 saturated carbocycles. The number of carbonyl (C=O) groups excluding carboxylic acids is 1. The lowest BCUT2D eigenvalue weighted by atomic mass is 10.1. The van der Waals surface area contributed by atoms with Gasteiger partial charge in [-0.15, -0.1) is 5.10 Å². The predicted octanol–water partition coefficient (Wildman–Crippen LogP) is 2.15. The maximum Gasteiger partial charge on any atom is 0.360 e. The second-order valence-corrected chi connectivity index (χ2v) is 5.75. The average Bonchev–Trinajstić information content (AvgIpc) is 3.16. The highest BCUT2D eigenvalue weighted by Crippen LogP contribution is 2.41. The fourth-order valence-corrected chi connectivity index (χ4v) is 2.07. The summed E-state index contributed by atoms with van der Waals surface area (Å²) < 4.78 is 12.3. The molecule has 0 atom stereocenters. The number of aromatic nitrogens is 3. The lowest BCUT2D eigenvalue weighted by molar-refractivity contribution is 0.0110. The van der Waals surface area contributed by atoms with Gasteiger partial charge >= 0.3 is 5.97 Å². The second kappa shape index (κ2) is 5.91. The number of esters is 1. The van der Waals surface area contributed by atoms with E-state index in [1.807, 2.05) is 18.5 Å². The quantitative estimate of drug-likeness (QED) is 0.716. The van der Waals surface area contributed by atoms with Gasteiger partial charge in [-0.3, -0.25) is 0 Å². The molecule has 0 amide bonds. The van der Waals surface area contributed by atoms with Gasteiger partial charge in [-0.2, -0.15) is 0 Å². The molecule has 112 valence electrons. The van der Waals surface area contributed by atoms with E-state index < -0.39 is 0 Å². The number of carbonyl (C=O) groups is 1. The van der Waals surface area contributed by atoms with E-state index in [0.29, 0.717) is 24.8 Å². The van der Waals surface area contributed by atoms with Crippen LogP contribution >= 0.6 is 0 Å². The number of methoxy groups -OCH3 is 1. The summed E-state index contributed by atoms with van der Waals surface area (Å²) in [5.74, 6) is 0.0294. The summed E-state index contributed by atoms with van der Waals surface area (Å²) in [5, 5.41) is 8.15. The first-order chi connectivity index (χ1) is 9.48. The zero-order chi connectivity index (χ0) is 14.8. The lowest BCUT2D eigenvalue weighted by Gasteiger charge is -2.22. The molecule has 0 saturated heterocycles. The molecule has 0 aliphatic heterocycles. The molecular weight excluding hydrogens is 258 g/mol. The van der Waals surface area contributed by atoms with E-state index in [2.05, 4.69) is 10.3 Å². The zero-order valence-corrected chi connectivity index (χ0v) is 12.7. The van der Waals surface area contributed by atoms with Crippen LogP contribution in [0.15, 0.2) is 0 Å². The third-order valence-electron chi connectivity index (χ3n) is 3.68. The maximum absolute atomic E-state index is 11.9. The fourth-order valence-electron chi connectivity index (χ4n) is 2.07. The molecule has 6 heteroatoms. The van der Waals surface area contributed by atoms with Crippen molar-refractivity contribution < 1.29 is 14.3 Å². The predicted molar refractivity (Wildman–Crippen MR) is 73.7 cm³/mol. The van der Waals surface area contributed by atoms with Crippen molar-refractivity contribution >= 4 is 5.97 Å². The first-order valence-electron chi connectivity index (χ1n) is 7.14. The van der Waals surface area contributed by atoms with E-state index in [-0.39, 0.29) is 11.6 Å². The molecule has 6 nitrogen and oxygen atoms in total. The van der Waals surface area contributed by atoms with Crippen LogP contribution in [0.5, 0.6) is 0 Å². The normalized spacial score (nSPS) is 15.4. The minimum absolute atomic E-state index is 0.211. The highest BCUT2D eigenvalue weighted by atomic mass is 16.5. The Hall–Kier alpha value is -1.43. The molecule has 0 N–H and O–H groups in total. The highest BCUT2D eigenvalue weighted by molar-refractivity contribution is 5.88. The molecule has 1 aromatic rings. The van der Waals surface area contributed by atoms with Crippen molar-refractivity contribution in [2.45, 2.75) is 58.1 Å². The van der Waals surface area contributed by atoms with Crippen molar-refractivity contribution in [3.63, 3.8) is 0 Å². The third-order valence-corrected chi connectivity index (χ3v) is 3.68. The lowest BCUT2D eigenvalue weighted by Crippen LogP contribution is -2.25. The maximum atomic E-state index is 11.9. The van der Waals surface area contributed by atoms with Crippen LogP contribution in [0.25, 0.3) is 0 Å². The molecule has 1 aliphatic carbocycles. The highest BCUT2D eigenvalue weighted by Gasteiger charge is 2.34. The number of ether oxygens (including phenoxy) is 2. The Morgan fingerprint density at radius 1 is 1.45 bits per heavy atom. The van der Waals surface area contributed by atoms with Gasteiger partial charge in [0.05, 0.1) is 17.9 Å². The van der Waals surface area contributed by atoms with E-state index in [9.17, 15) is 4.79 Å². The Kier molecular flexibility index (Phi) is 4.42. The fraction of sp³-hybridized carbons (Fsp3) is 0.786. The van der Waals surface area contributed by atoms with Gasteiger partial charge in [-0.1, -0.05) is 5.21 Å². The Morgan fingerprint density at radius 3 is 2.70 bits per heavy atom. The molecule has 0 radical (unpaired) electrons. The third kappa shape index (κ3) is 3.36. The van der Waals surface area contributed by atoms with Crippen LogP contribution in [-0.2, 0) is 16.0 Å². The van der Waals surface area contributed by atoms with Crippen LogP contribution in [0, 0.1) is 0 Å².